The van der Waals surface area contributed by atoms with Gasteiger partial charge in [0.2, 0.25) is 0 Å². The lowest BCUT2D eigenvalue weighted by Crippen LogP contribution is -2.04. The van der Waals surface area contributed by atoms with Gasteiger partial charge in [-0.3, -0.25) is 4.55 Å². The molecule has 5 heteroatoms. The van der Waals surface area contributed by atoms with Crippen LogP contribution in [0.15, 0.2) is 0 Å². The molecule has 1 unspecified atom stereocenters. The highest BCUT2D eigenvalue weighted by atomic mass is 32.3. The Bertz CT molecular complexity index is 314. The van der Waals surface area contributed by atoms with Crippen LogP contribution in [0, 0.1) is 5.92 Å². The van der Waals surface area contributed by atoms with E-state index in [0.29, 0.717) is 6.42 Å². The number of hydrogen-bond donors (Lipinski definition) is 1. The standard InChI is InChI=1S/C16H34O4S/c1-3-13-16(2)14-11-9-7-5-4-6-8-10-12-15-20-21(17,18)19/h16H,3-15H2,1-2H3,(H,17,18,19). The second kappa shape index (κ2) is 13.5. The molecule has 0 aromatic carbocycles. The third-order valence-electron chi connectivity index (χ3n) is 3.85. The van der Waals surface area contributed by atoms with Crippen LogP contribution in [-0.2, 0) is 14.6 Å². The molecule has 0 aliphatic carbocycles. The molecular formula is C16H34O4S. The predicted octanol–water partition coefficient (Wildman–Crippen LogP) is 5.14. The Morgan fingerprint density at radius 1 is 0.857 bits per heavy atom. The number of unbranched alkanes of at least 4 members (excludes halogenated alkanes) is 8. The molecule has 0 heterocycles. The molecule has 4 nitrogen and oxygen atoms in total. The van der Waals surface area contributed by atoms with E-state index in [0.717, 1.165) is 18.8 Å². The summed E-state index contributed by atoms with van der Waals surface area (Å²) in [5.41, 5.74) is 0. The molecule has 0 aromatic heterocycles. The average Bonchev–Trinajstić information content (AvgIpc) is 2.39. The topological polar surface area (TPSA) is 63.6 Å². The van der Waals surface area contributed by atoms with Gasteiger partial charge in [0, 0.05) is 0 Å². The molecule has 0 spiro atoms. The molecule has 1 N–H and O–H groups in total. The molecule has 1 atom stereocenters. The van der Waals surface area contributed by atoms with Crippen LogP contribution in [0.3, 0.4) is 0 Å². The molecule has 0 bridgehead atoms. The summed E-state index contributed by atoms with van der Waals surface area (Å²) in [5, 5.41) is 0. The first-order valence-electron chi connectivity index (χ1n) is 8.57. The van der Waals surface area contributed by atoms with Crippen molar-refractivity contribution >= 4 is 10.4 Å². The van der Waals surface area contributed by atoms with Gasteiger partial charge in [0.1, 0.15) is 0 Å². The van der Waals surface area contributed by atoms with Crippen molar-refractivity contribution in [3.05, 3.63) is 0 Å². The molecular weight excluding hydrogens is 288 g/mol. The second-order valence-electron chi connectivity index (χ2n) is 6.11. The molecule has 0 saturated heterocycles. The molecule has 0 rings (SSSR count). The van der Waals surface area contributed by atoms with E-state index in [1.54, 1.807) is 0 Å². The molecule has 21 heavy (non-hydrogen) atoms. The van der Waals surface area contributed by atoms with Gasteiger partial charge in [0.05, 0.1) is 6.61 Å². The van der Waals surface area contributed by atoms with Gasteiger partial charge >= 0.3 is 10.4 Å². The van der Waals surface area contributed by atoms with Gasteiger partial charge < -0.3 is 0 Å². The zero-order valence-corrected chi connectivity index (χ0v) is 14.7. The predicted molar refractivity (Wildman–Crippen MR) is 87.7 cm³/mol. The summed E-state index contributed by atoms with van der Waals surface area (Å²) in [4.78, 5) is 0. The second-order valence-corrected chi connectivity index (χ2v) is 7.21. The van der Waals surface area contributed by atoms with Crippen molar-refractivity contribution in [2.24, 2.45) is 5.92 Å². The summed E-state index contributed by atoms with van der Waals surface area (Å²) in [6.07, 6.45) is 14.7. The van der Waals surface area contributed by atoms with Gasteiger partial charge in [-0.25, -0.2) is 4.18 Å². The van der Waals surface area contributed by atoms with Gasteiger partial charge in [-0.2, -0.15) is 8.42 Å². The van der Waals surface area contributed by atoms with Crippen molar-refractivity contribution in [1.29, 1.82) is 0 Å². The average molecular weight is 323 g/mol. The third kappa shape index (κ3) is 17.8. The highest BCUT2D eigenvalue weighted by molar-refractivity contribution is 7.80. The van der Waals surface area contributed by atoms with E-state index < -0.39 is 10.4 Å². The fourth-order valence-corrected chi connectivity index (χ4v) is 2.96. The molecule has 0 fully saturated rings. The van der Waals surface area contributed by atoms with Gasteiger partial charge in [0.25, 0.3) is 0 Å². The van der Waals surface area contributed by atoms with Crippen molar-refractivity contribution in [3.63, 3.8) is 0 Å². The van der Waals surface area contributed by atoms with E-state index in [1.165, 1.54) is 57.8 Å². The van der Waals surface area contributed by atoms with Crippen LogP contribution in [0.5, 0.6) is 0 Å². The van der Waals surface area contributed by atoms with E-state index in [-0.39, 0.29) is 6.61 Å². The summed E-state index contributed by atoms with van der Waals surface area (Å²) in [7, 11) is -4.24. The van der Waals surface area contributed by atoms with Crippen LogP contribution in [0.25, 0.3) is 0 Å². The molecule has 0 radical (unpaired) electrons. The summed E-state index contributed by atoms with van der Waals surface area (Å²) >= 11 is 0. The zero-order chi connectivity index (χ0) is 16.0. The summed E-state index contributed by atoms with van der Waals surface area (Å²) < 4.78 is 33.2. The smallest absolute Gasteiger partial charge is 0.264 e. The minimum absolute atomic E-state index is 0.0920. The minimum atomic E-state index is -4.24. The van der Waals surface area contributed by atoms with Gasteiger partial charge in [-0.15, -0.1) is 0 Å². The van der Waals surface area contributed by atoms with E-state index >= 15 is 0 Å². The Morgan fingerprint density at radius 2 is 1.33 bits per heavy atom. The summed E-state index contributed by atoms with van der Waals surface area (Å²) in [5.74, 6) is 0.889. The Morgan fingerprint density at radius 3 is 1.81 bits per heavy atom. The van der Waals surface area contributed by atoms with Crippen molar-refractivity contribution in [1.82, 2.24) is 0 Å². The normalized spacial score (nSPS) is 13.5. The molecule has 128 valence electrons. The first kappa shape index (κ1) is 20.9. The Hall–Kier alpha value is -0.130. The number of hydrogen-bond acceptors (Lipinski definition) is 3. The molecule has 0 saturated carbocycles. The Kier molecular flexibility index (Phi) is 13.4. The lowest BCUT2D eigenvalue weighted by atomic mass is 9.98. The van der Waals surface area contributed by atoms with E-state index in [2.05, 4.69) is 18.0 Å². The van der Waals surface area contributed by atoms with Crippen molar-refractivity contribution in [2.45, 2.75) is 90.9 Å². The minimum Gasteiger partial charge on any atom is -0.264 e. The van der Waals surface area contributed by atoms with E-state index in [1.807, 2.05) is 0 Å². The lowest BCUT2D eigenvalue weighted by Gasteiger charge is -2.09. The van der Waals surface area contributed by atoms with Crippen molar-refractivity contribution in [2.75, 3.05) is 6.61 Å². The van der Waals surface area contributed by atoms with Crippen LogP contribution in [0.1, 0.15) is 90.9 Å². The Labute approximate surface area is 131 Å². The highest BCUT2D eigenvalue weighted by Crippen LogP contribution is 2.16. The quantitative estimate of drug-likeness (QED) is 0.335. The fraction of sp³-hybridized carbons (Fsp3) is 1.00. The maximum Gasteiger partial charge on any atom is 0.397 e. The molecule has 0 aliphatic heterocycles. The maximum absolute atomic E-state index is 10.3. The van der Waals surface area contributed by atoms with Crippen LogP contribution in [0.4, 0.5) is 0 Å². The molecule has 0 aliphatic rings. The third-order valence-corrected chi connectivity index (χ3v) is 4.32. The first-order valence-corrected chi connectivity index (χ1v) is 9.94. The first-order chi connectivity index (χ1) is 9.95. The maximum atomic E-state index is 10.3. The lowest BCUT2D eigenvalue weighted by molar-refractivity contribution is 0.261. The van der Waals surface area contributed by atoms with Crippen LogP contribution >= 0.6 is 0 Å². The van der Waals surface area contributed by atoms with Gasteiger partial charge in [-0.1, -0.05) is 84.5 Å². The summed E-state index contributed by atoms with van der Waals surface area (Å²) in [6.45, 7) is 4.70. The fourth-order valence-electron chi connectivity index (χ4n) is 2.63. The largest absolute Gasteiger partial charge is 0.397 e. The van der Waals surface area contributed by atoms with Crippen LogP contribution in [0.2, 0.25) is 0 Å². The van der Waals surface area contributed by atoms with Crippen molar-refractivity contribution in [3.8, 4) is 0 Å². The van der Waals surface area contributed by atoms with Crippen molar-refractivity contribution < 1.29 is 17.2 Å². The van der Waals surface area contributed by atoms with E-state index in [4.69, 9.17) is 4.55 Å². The Balaban J connectivity index is 3.12. The van der Waals surface area contributed by atoms with Gasteiger partial charge in [0.15, 0.2) is 0 Å². The zero-order valence-electron chi connectivity index (χ0n) is 13.8. The van der Waals surface area contributed by atoms with Crippen LogP contribution < -0.4 is 0 Å². The SMILES string of the molecule is CCCC(C)CCCCCCCCCCCOS(=O)(=O)O. The summed E-state index contributed by atoms with van der Waals surface area (Å²) in [6, 6.07) is 0. The molecule has 0 amide bonds. The molecule has 0 aromatic rings. The van der Waals surface area contributed by atoms with E-state index in [9.17, 15) is 8.42 Å². The number of rotatable bonds is 15. The highest BCUT2D eigenvalue weighted by Gasteiger charge is 2.03. The van der Waals surface area contributed by atoms with Gasteiger partial charge in [-0.05, 0) is 12.3 Å². The monoisotopic (exact) mass is 322 g/mol. The van der Waals surface area contributed by atoms with Crippen LogP contribution in [-0.4, -0.2) is 19.6 Å².